The Morgan fingerprint density at radius 1 is 0.958 bits per heavy atom. The van der Waals surface area contributed by atoms with E-state index in [1.165, 1.54) is 5.56 Å². The minimum absolute atomic E-state index is 0.00292. The van der Waals surface area contributed by atoms with Crippen LogP contribution in [0.2, 0.25) is 0 Å². The zero-order valence-corrected chi connectivity index (χ0v) is 16.5. The SMILES string of the molecule is CC(C)c1cc2c(C(C)(C)C)cccc2c(C(C)C)c1S(=O)(=O)O. The van der Waals surface area contributed by atoms with Crippen molar-refractivity contribution in [2.24, 2.45) is 0 Å². The van der Waals surface area contributed by atoms with E-state index < -0.39 is 10.1 Å². The minimum atomic E-state index is -4.29. The molecule has 0 bridgehead atoms. The predicted octanol–water partition coefficient (Wildman–Crippen LogP) is 5.63. The molecule has 0 aliphatic heterocycles. The van der Waals surface area contributed by atoms with Crippen LogP contribution in [0.3, 0.4) is 0 Å². The van der Waals surface area contributed by atoms with Crippen LogP contribution < -0.4 is 0 Å². The van der Waals surface area contributed by atoms with E-state index in [-0.39, 0.29) is 22.1 Å². The van der Waals surface area contributed by atoms with E-state index in [9.17, 15) is 13.0 Å². The smallest absolute Gasteiger partial charge is 0.282 e. The van der Waals surface area contributed by atoms with Crippen molar-refractivity contribution in [2.75, 3.05) is 0 Å². The van der Waals surface area contributed by atoms with Gasteiger partial charge in [-0.25, -0.2) is 0 Å². The molecule has 2 aromatic carbocycles. The lowest BCUT2D eigenvalue weighted by Gasteiger charge is -2.26. The van der Waals surface area contributed by atoms with Gasteiger partial charge in [0.15, 0.2) is 0 Å². The molecular formula is C20H28O3S. The van der Waals surface area contributed by atoms with E-state index in [1.54, 1.807) is 0 Å². The van der Waals surface area contributed by atoms with Crippen LogP contribution in [0.5, 0.6) is 0 Å². The summed E-state index contributed by atoms with van der Waals surface area (Å²) in [6.07, 6.45) is 0. The second kappa shape index (κ2) is 6.16. The van der Waals surface area contributed by atoms with Gasteiger partial charge in [-0.1, -0.05) is 66.7 Å². The first-order valence-corrected chi connectivity index (χ1v) is 9.87. The molecule has 0 saturated heterocycles. The third kappa shape index (κ3) is 3.35. The van der Waals surface area contributed by atoms with Gasteiger partial charge in [-0.05, 0) is 50.8 Å². The maximum atomic E-state index is 12.2. The Kier molecular flexibility index (Phi) is 4.86. The number of benzene rings is 2. The van der Waals surface area contributed by atoms with E-state index in [0.29, 0.717) is 11.1 Å². The van der Waals surface area contributed by atoms with Crippen molar-refractivity contribution in [1.29, 1.82) is 0 Å². The Bertz CT molecular complexity index is 870. The number of hydrogen-bond donors (Lipinski definition) is 1. The molecule has 0 heterocycles. The summed E-state index contributed by atoms with van der Waals surface area (Å²) in [5.74, 6) is -0.0183. The Labute approximate surface area is 145 Å². The Balaban J connectivity index is 3.14. The summed E-state index contributed by atoms with van der Waals surface area (Å²) in [6, 6.07) is 7.98. The number of fused-ring (bicyclic) bond motifs is 1. The normalized spacial score (nSPS) is 13.2. The molecule has 0 saturated carbocycles. The fraction of sp³-hybridized carbons (Fsp3) is 0.500. The van der Waals surface area contributed by atoms with Crippen LogP contribution in [-0.2, 0) is 15.5 Å². The average molecular weight is 349 g/mol. The fourth-order valence-corrected chi connectivity index (χ4v) is 4.61. The monoisotopic (exact) mass is 348 g/mol. The van der Waals surface area contributed by atoms with Crippen LogP contribution in [0.25, 0.3) is 10.8 Å². The summed E-state index contributed by atoms with van der Waals surface area (Å²) in [5, 5.41) is 1.99. The van der Waals surface area contributed by atoms with Crippen molar-refractivity contribution in [3.05, 3.63) is 41.0 Å². The quantitative estimate of drug-likeness (QED) is 0.731. The van der Waals surface area contributed by atoms with E-state index in [1.807, 2.05) is 45.9 Å². The summed E-state index contributed by atoms with van der Waals surface area (Å²) in [5.41, 5.74) is 2.53. The molecule has 0 radical (unpaired) electrons. The van der Waals surface area contributed by atoms with Crippen molar-refractivity contribution in [3.63, 3.8) is 0 Å². The molecule has 0 aliphatic rings. The van der Waals surface area contributed by atoms with Crippen LogP contribution in [0.1, 0.15) is 77.0 Å². The van der Waals surface area contributed by atoms with Crippen molar-refractivity contribution < 1.29 is 13.0 Å². The van der Waals surface area contributed by atoms with Gasteiger partial charge >= 0.3 is 0 Å². The van der Waals surface area contributed by atoms with Crippen LogP contribution in [0, 0.1) is 0 Å². The molecule has 132 valence electrons. The molecule has 0 fully saturated rings. The molecule has 0 aromatic heterocycles. The van der Waals surface area contributed by atoms with Gasteiger partial charge in [0.05, 0.1) is 0 Å². The molecule has 0 spiro atoms. The fourth-order valence-electron chi connectivity index (χ4n) is 3.40. The lowest BCUT2D eigenvalue weighted by molar-refractivity contribution is 0.479. The molecule has 0 unspecified atom stereocenters. The highest BCUT2D eigenvalue weighted by atomic mass is 32.2. The lowest BCUT2D eigenvalue weighted by Crippen LogP contribution is -2.15. The third-order valence-corrected chi connectivity index (χ3v) is 5.44. The van der Waals surface area contributed by atoms with Crippen molar-refractivity contribution in [3.8, 4) is 0 Å². The van der Waals surface area contributed by atoms with Gasteiger partial charge in [0.1, 0.15) is 4.90 Å². The van der Waals surface area contributed by atoms with Crippen LogP contribution in [0.4, 0.5) is 0 Å². The molecule has 3 nitrogen and oxygen atoms in total. The largest absolute Gasteiger partial charge is 0.295 e. The minimum Gasteiger partial charge on any atom is -0.282 e. The number of rotatable bonds is 3. The molecule has 24 heavy (non-hydrogen) atoms. The summed E-state index contributed by atoms with van der Waals surface area (Å²) in [7, 11) is -4.29. The molecule has 0 aliphatic carbocycles. The summed E-state index contributed by atoms with van der Waals surface area (Å²) in [6.45, 7) is 14.3. The van der Waals surface area contributed by atoms with Gasteiger partial charge in [-0.3, -0.25) is 4.55 Å². The summed E-state index contributed by atoms with van der Waals surface area (Å²) < 4.78 is 34.2. The molecule has 2 rings (SSSR count). The van der Waals surface area contributed by atoms with E-state index in [2.05, 4.69) is 26.8 Å². The highest BCUT2D eigenvalue weighted by Crippen LogP contribution is 2.40. The maximum Gasteiger partial charge on any atom is 0.295 e. The van der Waals surface area contributed by atoms with Gasteiger partial charge < -0.3 is 0 Å². The average Bonchev–Trinajstić information content (AvgIpc) is 2.41. The van der Waals surface area contributed by atoms with Gasteiger partial charge in [-0.15, -0.1) is 0 Å². The van der Waals surface area contributed by atoms with Gasteiger partial charge in [-0.2, -0.15) is 8.42 Å². The van der Waals surface area contributed by atoms with Crippen molar-refractivity contribution >= 4 is 20.9 Å². The summed E-state index contributed by atoms with van der Waals surface area (Å²) >= 11 is 0. The predicted molar refractivity (Wildman–Crippen MR) is 101 cm³/mol. The van der Waals surface area contributed by atoms with Gasteiger partial charge in [0, 0.05) is 0 Å². The first-order valence-electron chi connectivity index (χ1n) is 8.43. The zero-order chi connectivity index (χ0) is 18.4. The maximum absolute atomic E-state index is 12.2. The van der Waals surface area contributed by atoms with Crippen LogP contribution in [-0.4, -0.2) is 13.0 Å². The molecule has 2 aromatic rings. The second-order valence-electron chi connectivity index (χ2n) is 8.14. The second-order valence-corrected chi connectivity index (χ2v) is 9.50. The van der Waals surface area contributed by atoms with E-state index in [4.69, 9.17) is 0 Å². The van der Waals surface area contributed by atoms with E-state index >= 15 is 0 Å². The number of hydrogen-bond acceptors (Lipinski definition) is 2. The Hall–Kier alpha value is -1.39. The first kappa shape index (κ1) is 18.9. The molecule has 1 N–H and O–H groups in total. The Morgan fingerprint density at radius 2 is 1.54 bits per heavy atom. The van der Waals surface area contributed by atoms with Gasteiger partial charge in [0.25, 0.3) is 10.1 Å². The molecule has 4 heteroatoms. The van der Waals surface area contributed by atoms with Crippen molar-refractivity contribution in [2.45, 2.75) is 70.6 Å². The van der Waals surface area contributed by atoms with Crippen molar-refractivity contribution in [1.82, 2.24) is 0 Å². The Morgan fingerprint density at radius 3 is 1.96 bits per heavy atom. The molecule has 0 atom stereocenters. The van der Waals surface area contributed by atoms with Crippen LogP contribution >= 0.6 is 0 Å². The van der Waals surface area contributed by atoms with E-state index in [0.717, 1.165) is 10.8 Å². The van der Waals surface area contributed by atoms with Crippen LogP contribution in [0.15, 0.2) is 29.2 Å². The molecule has 0 amide bonds. The summed E-state index contributed by atoms with van der Waals surface area (Å²) in [4.78, 5) is 0.0889. The molecular weight excluding hydrogens is 320 g/mol. The zero-order valence-electron chi connectivity index (χ0n) is 15.6. The lowest BCUT2D eigenvalue weighted by atomic mass is 9.80. The first-order chi connectivity index (χ1) is 10.9. The van der Waals surface area contributed by atoms with Gasteiger partial charge in [0.2, 0.25) is 0 Å². The standard InChI is InChI=1S/C20H28O3S/c1-12(2)15-11-16-14(9-8-10-17(16)20(5,6)7)18(13(3)4)19(15)24(21,22)23/h8-13H,1-7H3,(H,21,22,23). The topological polar surface area (TPSA) is 54.4 Å². The highest BCUT2D eigenvalue weighted by molar-refractivity contribution is 7.86. The highest BCUT2D eigenvalue weighted by Gasteiger charge is 2.28. The third-order valence-electron chi connectivity index (χ3n) is 4.47.